The van der Waals surface area contributed by atoms with Crippen LogP contribution in [0.2, 0.25) is 0 Å². The first kappa shape index (κ1) is 23.5. The second kappa shape index (κ2) is 9.32. The Labute approximate surface area is 193 Å². The summed E-state index contributed by atoms with van der Waals surface area (Å²) in [7, 11) is 1.94. The lowest BCUT2D eigenvalue weighted by molar-refractivity contribution is -0.163. The highest BCUT2D eigenvalue weighted by Gasteiger charge is 2.60. The van der Waals surface area contributed by atoms with Gasteiger partial charge in [-0.15, -0.1) is 11.8 Å². The van der Waals surface area contributed by atoms with Crippen molar-refractivity contribution in [3.8, 4) is 0 Å². The number of nitrogens with one attached hydrogen (secondary N) is 2. The fourth-order valence-electron chi connectivity index (χ4n) is 5.68. The van der Waals surface area contributed by atoms with Gasteiger partial charge in [0.1, 0.15) is 5.70 Å². The molecule has 4 aliphatic heterocycles. The quantitative estimate of drug-likeness (QED) is 0.371. The van der Waals surface area contributed by atoms with Gasteiger partial charge in [-0.1, -0.05) is 6.92 Å². The van der Waals surface area contributed by atoms with Crippen LogP contribution in [0.15, 0.2) is 10.6 Å². The second-order valence-corrected chi connectivity index (χ2v) is 10.9. The van der Waals surface area contributed by atoms with Gasteiger partial charge in [0.15, 0.2) is 0 Å². The number of carboxylic acid groups (broad SMARTS) is 1. The van der Waals surface area contributed by atoms with E-state index in [1.807, 2.05) is 18.9 Å². The summed E-state index contributed by atoms with van der Waals surface area (Å²) in [5.74, 6) is -1.44. The van der Waals surface area contributed by atoms with Crippen LogP contribution in [0.5, 0.6) is 0 Å². The van der Waals surface area contributed by atoms with E-state index in [1.165, 1.54) is 16.7 Å². The molecule has 4 heterocycles. The van der Waals surface area contributed by atoms with Gasteiger partial charge in [-0.05, 0) is 45.7 Å². The van der Waals surface area contributed by atoms with Gasteiger partial charge in [0.2, 0.25) is 11.8 Å². The molecule has 0 aromatic carbocycles. The maximum atomic E-state index is 13.0. The van der Waals surface area contributed by atoms with Gasteiger partial charge in [-0.25, -0.2) is 4.79 Å². The number of aliphatic carboxylic acids is 1. The summed E-state index contributed by atoms with van der Waals surface area (Å²) in [6.07, 6.45) is 1.95. The Morgan fingerprint density at radius 1 is 1.38 bits per heavy atom. The number of carbonyl (C=O) groups excluding carboxylic acids is 2. The van der Waals surface area contributed by atoms with Crippen LogP contribution in [0, 0.1) is 17.8 Å². The molecule has 32 heavy (non-hydrogen) atoms. The molecule has 4 rings (SSSR count). The van der Waals surface area contributed by atoms with Crippen molar-refractivity contribution in [2.24, 2.45) is 17.8 Å². The molecule has 0 aromatic rings. The lowest BCUT2D eigenvalue weighted by Gasteiger charge is -2.46. The average Bonchev–Trinajstić information content (AvgIpc) is 3.45. The zero-order valence-electron chi connectivity index (χ0n) is 18.9. The van der Waals surface area contributed by atoms with Crippen LogP contribution in [0.4, 0.5) is 0 Å². The van der Waals surface area contributed by atoms with Crippen LogP contribution < -0.4 is 10.6 Å². The molecule has 3 saturated heterocycles. The van der Waals surface area contributed by atoms with Gasteiger partial charge in [-0.2, -0.15) is 0 Å². The number of rotatable bonds is 8. The molecule has 10 heteroatoms. The topological polar surface area (TPSA) is 122 Å². The van der Waals surface area contributed by atoms with Gasteiger partial charge in [-0.3, -0.25) is 9.59 Å². The van der Waals surface area contributed by atoms with E-state index in [4.69, 9.17) is 0 Å². The van der Waals surface area contributed by atoms with Crippen LogP contribution in [0.3, 0.4) is 0 Å². The molecule has 7 atom stereocenters. The minimum absolute atomic E-state index is 0.0519. The molecule has 0 spiro atoms. The molecular weight excluding hydrogens is 432 g/mol. The highest BCUT2D eigenvalue weighted by molar-refractivity contribution is 8.03. The van der Waals surface area contributed by atoms with E-state index in [2.05, 4.69) is 10.6 Å². The van der Waals surface area contributed by atoms with Crippen molar-refractivity contribution in [3.63, 3.8) is 0 Å². The number of likely N-dealkylation sites (tertiary alicyclic amines) is 1. The number of fused-ring (bicyclic) bond motifs is 1. The van der Waals surface area contributed by atoms with E-state index in [9.17, 15) is 24.6 Å². The van der Waals surface area contributed by atoms with Crippen molar-refractivity contribution >= 4 is 29.5 Å². The zero-order valence-corrected chi connectivity index (χ0v) is 19.7. The molecule has 0 unspecified atom stereocenters. The first-order valence-electron chi connectivity index (χ1n) is 11.6. The predicted octanol–water partition coefficient (Wildman–Crippen LogP) is 0.0618. The Morgan fingerprint density at radius 2 is 2.12 bits per heavy atom. The largest absolute Gasteiger partial charge is 0.477 e. The molecule has 0 aliphatic carbocycles. The maximum absolute atomic E-state index is 13.0. The number of aliphatic hydroxyl groups is 1. The van der Waals surface area contributed by atoms with Gasteiger partial charge in [0.05, 0.1) is 24.1 Å². The van der Waals surface area contributed by atoms with Crippen LogP contribution in [-0.4, -0.2) is 94.5 Å². The molecule has 4 aliphatic rings. The van der Waals surface area contributed by atoms with Crippen LogP contribution >= 0.6 is 11.8 Å². The Balaban J connectivity index is 1.39. The number of hydrogen-bond acceptors (Lipinski definition) is 7. The van der Waals surface area contributed by atoms with E-state index in [-0.39, 0.29) is 40.8 Å². The number of β-lactam (4-membered cyclic amide) rings is 1. The maximum Gasteiger partial charge on any atom is 0.353 e. The number of nitrogens with zero attached hydrogens (tertiary/aromatic N) is 2. The molecule has 0 radical (unpaired) electrons. The second-order valence-electron chi connectivity index (χ2n) is 9.54. The van der Waals surface area contributed by atoms with Gasteiger partial charge < -0.3 is 30.6 Å². The third kappa shape index (κ3) is 4.06. The molecule has 9 nitrogen and oxygen atoms in total. The third-order valence-corrected chi connectivity index (χ3v) is 8.90. The predicted molar refractivity (Wildman–Crippen MR) is 121 cm³/mol. The van der Waals surface area contributed by atoms with Crippen LogP contribution in [0.1, 0.15) is 33.1 Å². The molecule has 0 aromatic heterocycles. The van der Waals surface area contributed by atoms with Crippen molar-refractivity contribution < 1.29 is 24.6 Å². The number of aliphatic hydroxyl groups excluding tert-OH is 1. The summed E-state index contributed by atoms with van der Waals surface area (Å²) < 4.78 is 0. The van der Waals surface area contributed by atoms with Crippen molar-refractivity contribution in [3.05, 3.63) is 10.6 Å². The van der Waals surface area contributed by atoms with Crippen molar-refractivity contribution in [1.29, 1.82) is 0 Å². The summed E-state index contributed by atoms with van der Waals surface area (Å²) in [5.41, 5.74) is 0.0519. The Bertz CT molecular complexity index is 818. The first-order valence-corrected chi connectivity index (χ1v) is 12.4. The highest BCUT2D eigenvalue weighted by atomic mass is 32.2. The number of carbonyl (C=O) groups is 3. The normalized spacial score (nSPS) is 35.3. The molecule has 2 amide bonds. The summed E-state index contributed by atoms with van der Waals surface area (Å²) in [6.45, 7) is 6.70. The Morgan fingerprint density at radius 3 is 2.78 bits per heavy atom. The fraction of sp³-hybridized carbons (Fsp3) is 0.773. The lowest BCUT2D eigenvalue weighted by atomic mass is 9.79. The smallest absolute Gasteiger partial charge is 0.353 e. The first-order chi connectivity index (χ1) is 15.2. The highest BCUT2D eigenvalue weighted by Crippen LogP contribution is 2.51. The molecule has 0 saturated carbocycles. The SMILES string of the molecule is CNCC[C@H]1CCN(C(=O)[C@@H]2C[C@H](SC3=C(C(=O)O)N4C(=O)[C@H]([C@@H](C)O)[C@H]4[C@H]3C)CN2)C1. The zero-order chi connectivity index (χ0) is 23.2. The van der Waals surface area contributed by atoms with Crippen molar-refractivity contribution in [1.82, 2.24) is 20.4 Å². The Hall–Kier alpha value is -1.62. The average molecular weight is 467 g/mol. The van der Waals surface area contributed by atoms with Crippen LogP contribution in [0.25, 0.3) is 0 Å². The molecular formula is C22H34N4O5S. The summed E-state index contributed by atoms with van der Waals surface area (Å²) in [6, 6.07) is -0.549. The van der Waals surface area contributed by atoms with Gasteiger partial charge >= 0.3 is 5.97 Å². The molecule has 0 bridgehead atoms. The standard InChI is InChI=1S/C22H34N4O5S/c1-11-17-16(12(2)27)21(29)26(17)18(22(30)31)19(11)32-14-8-15(24-9-14)20(28)25-7-5-13(10-25)4-6-23-3/h11-17,23-24,27H,4-10H2,1-3H3,(H,30,31)/t11-,12-,13+,14+,15+,16-,17-/m1/s1. The molecule has 178 valence electrons. The van der Waals surface area contributed by atoms with Crippen LogP contribution in [-0.2, 0) is 14.4 Å². The number of hydrogen-bond donors (Lipinski definition) is 4. The fourth-order valence-corrected chi connectivity index (χ4v) is 7.16. The van der Waals surface area contributed by atoms with E-state index in [0.29, 0.717) is 23.8 Å². The monoisotopic (exact) mass is 466 g/mol. The summed E-state index contributed by atoms with van der Waals surface area (Å²) >= 11 is 1.48. The van der Waals surface area contributed by atoms with Gasteiger partial charge in [0.25, 0.3) is 0 Å². The lowest BCUT2D eigenvalue weighted by Crippen LogP contribution is -2.63. The van der Waals surface area contributed by atoms with E-state index >= 15 is 0 Å². The Kier molecular flexibility index (Phi) is 6.86. The van der Waals surface area contributed by atoms with Gasteiger partial charge in [0, 0.05) is 35.7 Å². The molecule has 4 N–H and O–H groups in total. The molecule has 3 fully saturated rings. The van der Waals surface area contributed by atoms with Crippen molar-refractivity contribution in [2.45, 2.75) is 56.5 Å². The van der Waals surface area contributed by atoms with E-state index < -0.39 is 18.0 Å². The third-order valence-electron chi connectivity index (χ3n) is 7.39. The number of carboxylic acids is 1. The number of thioether (sulfide) groups is 1. The van der Waals surface area contributed by atoms with Crippen molar-refractivity contribution in [2.75, 3.05) is 33.2 Å². The summed E-state index contributed by atoms with van der Waals surface area (Å²) in [4.78, 5) is 41.5. The minimum Gasteiger partial charge on any atom is -0.477 e. The minimum atomic E-state index is -1.11. The van der Waals surface area contributed by atoms with E-state index in [0.717, 1.165) is 32.5 Å². The summed E-state index contributed by atoms with van der Waals surface area (Å²) in [5, 5.41) is 26.4. The van der Waals surface area contributed by atoms with E-state index in [1.54, 1.807) is 6.92 Å². The number of amides is 2.